The molecule has 0 unspecified atom stereocenters. The van der Waals surface area contributed by atoms with E-state index in [0.717, 1.165) is 25.6 Å². The second-order valence-corrected chi connectivity index (χ2v) is 3.54. The summed E-state index contributed by atoms with van der Waals surface area (Å²) < 4.78 is 0. The van der Waals surface area contributed by atoms with Gasteiger partial charge in [0.15, 0.2) is 0 Å². The molecule has 0 atom stereocenters. The van der Waals surface area contributed by atoms with Gasteiger partial charge in [-0.05, 0) is 25.8 Å². The fourth-order valence-electron chi connectivity index (χ4n) is 1.47. The first-order chi connectivity index (χ1) is 5.74. The number of nitrogens with zero attached hydrogens (tertiary/aromatic N) is 1. The zero-order valence-electron chi connectivity index (χ0n) is 7.84. The Morgan fingerprint density at radius 3 is 2.58 bits per heavy atom. The van der Waals surface area contributed by atoms with Crippen LogP contribution in [0.3, 0.4) is 0 Å². The lowest BCUT2D eigenvalue weighted by Gasteiger charge is -2.20. The van der Waals surface area contributed by atoms with Crippen LogP contribution in [0.1, 0.15) is 32.6 Å². The minimum Gasteiger partial charge on any atom is -0.388 e. The molecule has 0 bridgehead atoms. The molecular formula is C9H19N3. The molecule has 0 aromatic heterocycles. The third-order valence-corrected chi connectivity index (χ3v) is 2.24. The summed E-state index contributed by atoms with van der Waals surface area (Å²) in [4.78, 5) is 2.46. The normalized spacial score (nSPS) is 16.8. The van der Waals surface area contributed by atoms with Gasteiger partial charge in [0, 0.05) is 19.0 Å². The summed E-state index contributed by atoms with van der Waals surface area (Å²) in [5.74, 6) is 0.316. The van der Waals surface area contributed by atoms with E-state index in [4.69, 9.17) is 11.1 Å². The number of rotatable bonds is 6. The maximum atomic E-state index is 7.13. The van der Waals surface area contributed by atoms with Gasteiger partial charge in [0.25, 0.3) is 0 Å². The Hall–Kier alpha value is -0.570. The van der Waals surface area contributed by atoms with E-state index in [9.17, 15) is 0 Å². The highest BCUT2D eigenvalue weighted by molar-refractivity contribution is 5.76. The van der Waals surface area contributed by atoms with Crippen molar-refractivity contribution in [3.8, 4) is 0 Å². The van der Waals surface area contributed by atoms with Crippen LogP contribution in [0.2, 0.25) is 0 Å². The maximum Gasteiger partial charge on any atom is 0.0918 e. The van der Waals surface area contributed by atoms with Gasteiger partial charge in [-0.15, -0.1) is 0 Å². The standard InChI is InChI=1S/C9H19N3/c1-2-6-12(8-3-4-8)7-5-9(10)11/h8H,2-7H2,1H3,(H3,10,11). The van der Waals surface area contributed by atoms with Crippen LogP contribution in [0.4, 0.5) is 0 Å². The van der Waals surface area contributed by atoms with Crippen molar-refractivity contribution in [3.63, 3.8) is 0 Å². The molecule has 0 aromatic carbocycles. The van der Waals surface area contributed by atoms with Crippen LogP contribution >= 0.6 is 0 Å². The average molecular weight is 169 g/mol. The van der Waals surface area contributed by atoms with Crippen molar-refractivity contribution in [2.75, 3.05) is 13.1 Å². The Morgan fingerprint density at radius 1 is 1.50 bits per heavy atom. The van der Waals surface area contributed by atoms with Crippen LogP contribution in [0, 0.1) is 5.41 Å². The quantitative estimate of drug-likeness (QED) is 0.463. The summed E-state index contributed by atoms with van der Waals surface area (Å²) in [7, 11) is 0. The Balaban J connectivity index is 2.18. The van der Waals surface area contributed by atoms with E-state index in [2.05, 4.69) is 11.8 Å². The Kier molecular flexibility index (Phi) is 3.53. The number of nitrogens with two attached hydrogens (primary N) is 1. The van der Waals surface area contributed by atoms with Gasteiger partial charge in [0.2, 0.25) is 0 Å². The molecule has 12 heavy (non-hydrogen) atoms. The maximum absolute atomic E-state index is 7.13. The van der Waals surface area contributed by atoms with Crippen LogP contribution in [0.5, 0.6) is 0 Å². The van der Waals surface area contributed by atoms with Gasteiger partial charge in [0.1, 0.15) is 0 Å². The summed E-state index contributed by atoms with van der Waals surface area (Å²) >= 11 is 0. The van der Waals surface area contributed by atoms with E-state index in [1.54, 1.807) is 0 Å². The molecule has 1 aliphatic carbocycles. The van der Waals surface area contributed by atoms with Gasteiger partial charge in [-0.1, -0.05) is 6.92 Å². The molecule has 3 nitrogen and oxygen atoms in total. The minimum atomic E-state index is 0.316. The zero-order chi connectivity index (χ0) is 8.97. The first-order valence-corrected chi connectivity index (χ1v) is 4.81. The number of hydrogen-bond donors (Lipinski definition) is 2. The molecule has 0 spiro atoms. The van der Waals surface area contributed by atoms with Gasteiger partial charge >= 0.3 is 0 Å². The Labute approximate surface area is 74.4 Å². The third-order valence-electron chi connectivity index (χ3n) is 2.24. The van der Waals surface area contributed by atoms with Gasteiger partial charge in [-0.2, -0.15) is 0 Å². The van der Waals surface area contributed by atoms with Gasteiger partial charge in [0.05, 0.1) is 5.84 Å². The molecule has 3 heteroatoms. The first kappa shape index (κ1) is 9.52. The van der Waals surface area contributed by atoms with Crippen LogP contribution in [0.15, 0.2) is 0 Å². The van der Waals surface area contributed by atoms with E-state index in [1.807, 2.05) is 0 Å². The zero-order valence-corrected chi connectivity index (χ0v) is 7.84. The number of amidine groups is 1. The summed E-state index contributed by atoms with van der Waals surface area (Å²) in [6.07, 6.45) is 4.63. The molecule has 0 radical (unpaired) electrons. The van der Waals surface area contributed by atoms with Crippen molar-refractivity contribution >= 4 is 5.84 Å². The summed E-state index contributed by atoms with van der Waals surface area (Å²) in [6, 6.07) is 0.810. The van der Waals surface area contributed by atoms with Crippen molar-refractivity contribution in [2.24, 2.45) is 5.73 Å². The highest BCUT2D eigenvalue weighted by Gasteiger charge is 2.27. The predicted octanol–water partition coefficient (Wildman–Crippen LogP) is 1.19. The fourth-order valence-corrected chi connectivity index (χ4v) is 1.47. The molecule has 1 rings (SSSR count). The smallest absolute Gasteiger partial charge is 0.0918 e. The monoisotopic (exact) mass is 169 g/mol. The van der Waals surface area contributed by atoms with Crippen molar-refractivity contribution in [1.29, 1.82) is 5.41 Å². The third kappa shape index (κ3) is 3.22. The molecule has 0 aliphatic heterocycles. The molecular weight excluding hydrogens is 150 g/mol. The summed E-state index contributed by atoms with van der Waals surface area (Å²) in [6.45, 7) is 4.34. The average Bonchev–Trinajstić information content (AvgIpc) is 2.79. The lowest BCUT2D eigenvalue weighted by atomic mass is 10.3. The molecule has 0 amide bonds. The number of nitrogens with one attached hydrogen (secondary N) is 1. The van der Waals surface area contributed by atoms with Gasteiger partial charge < -0.3 is 5.73 Å². The second kappa shape index (κ2) is 4.45. The van der Waals surface area contributed by atoms with Crippen molar-refractivity contribution < 1.29 is 0 Å². The topological polar surface area (TPSA) is 53.1 Å². The Morgan fingerprint density at radius 2 is 2.17 bits per heavy atom. The van der Waals surface area contributed by atoms with E-state index in [0.29, 0.717) is 5.84 Å². The molecule has 1 saturated carbocycles. The lowest BCUT2D eigenvalue weighted by Crippen LogP contribution is -2.30. The van der Waals surface area contributed by atoms with E-state index in [1.165, 1.54) is 19.3 Å². The van der Waals surface area contributed by atoms with Crippen LogP contribution in [-0.4, -0.2) is 29.9 Å². The van der Waals surface area contributed by atoms with Crippen molar-refractivity contribution in [3.05, 3.63) is 0 Å². The number of hydrogen-bond acceptors (Lipinski definition) is 2. The highest BCUT2D eigenvalue weighted by atomic mass is 15.2. The van der Waals surface area contributed by atoms with Crippen molar-refractivity contribution in [1.82, 2.24) is 4.90 Å². The van der Waals surface area contributed by atoms with Gasteiger partial charge in [-0.3, -0.25) is 10.3 Å². The molecule has 0 saturated heterocycles. The molecule has 0 aromatic rings. The van der Waals surface area contributed by atoms with E-state index >= 15 is 0 Å². The van der Waals surface area contributed by atoms with E-state index in [-0.39, 0.29) is 0 Å². The molecule has 1 fully saturated rings. The van der Waals surface area contributed by atoms with Crippen LogP contribution in [-0.2, 0) is 0 Å². The highest BCUT2D eigenvalue weighted by Crippen LogP contribution is 2.26. The minimum absolute atomic E-state index is 0.316. The molecule has 0 heterocycles. The first-order valence-electron chi connectivity index (χ1n) is 4.81. The summed E-state index contributed by atoms with van der Waals surface area (Å²) in [5.41, 5.74) is 5.31. The van der Waals surface area contributed by atoms with Crippen molar-refractivity contribution in [2.45, 2.75) is 38.6 Å². The second-order valence-electron chi connectivity index (χ2n) is 3.54. The van der Waals surface area contributed by atoms with E-state index < -0.39 is 0 Å². The molecule has 1 aliphatic rings. The molecule has 70 valence electrons. The van der Waals surface area contributed by atoms with Crippen LogP contribution < -0.4 is 5.73 Å². The summed E-state index contributed by atoms with van der Waals surface area (Å²) in [5, 5.41) is 7.13. The fraction of sp³-hybridized carbons (Fsp3) is 0.889. The lowest BCUT2D eigenvalue weighted by molar-refractivity contribution is 0.271. The largest absolute Gasteiger partial charge is 0.388 e. The predicted molar refractivity (Wildman–Crippen MR) is 51.4 cm³/mol. The van der Waals surface area contributed by atoms with Crippen LogP contribution in [0.25, 0.3) is 0 Å². The molecule has 3 N–H and O–H groups in total. The van der Waals surface area contributed by atoms with Gasteiger partial charge in [-0.25, -0.2) is 0 Å². The Bertz CT molecular complexity index is 152. The SMILES string of the molecule is CCCN(CCC(=N)N)C1CC1.